The van der Waals surface area contributed by atoms with Crippen molar-refractivity contribution < 1.29 is 13.2 Å². The molecule has 2 N–H and O–H groups in total. The summed E-state index contributed by atoms with van der Waals surface area (Å²) in [4.78, 5) is 7.85. The Balaban J connectivity index is 1.93. The molecule has 0 aliphatic heterocycles. The first-order chi connectivity index (χ1) is 11.1. The van der Waals surface area contributed by atoms with Crippen molar-refractivity contribution in [1.29, 1.82) is 0 Å². The highest BCUT2D eigenvalue weighted by Gasteiger charge is 2.15. The van der Waals surface area contributed by atoms with Crippen LogP contribution < -0.4 is 4.72 Å². The number of methoxy groups -OCH3 is 1. The lowest BCUT2D eigenvalue weighted by molar-refractivity contribution is 0.204. The van der Waals surface area contributed by atoms with Gasteiger partial charge >= 0.3 is 0 Å². The second-order valence-electron chi connectivity index (χ2n) is 5.02. The quantitative estimate of drug-likeness (QED) is 0.678. The standard InChI is InChI=1S/C16H17N3O3S/c1-22-10-9-17-23(20,21)13-7-8-14-15(11-13)19-16(18-14)12-5-3-2-4-6-12/h2-8,11,17H,9-10H2,1H3,(H,18,19). The molecule has 0 amide bonds. The van der Waals surface area contributed by atoms with E-state index in [4.69, 9.17) is 4.74 Å². The number of sulfonamides is 1. The van der Waals surface area contributed by atoms with Crippen molar-refractivity contribution in [2.24, 2.45) is 0 Å². The molecule has 0 unspecified atom stereocenters. The molecule has 0 aliphatic rings. The predicted octanol–water partition coefficient (Wildman–Crippen LogP) is 2.15. The van der Waals surface area contributed by atoms with Gasteiger partial charge in [0.1, 0.15) is 5.82 Å². The van der Waals surface area contributed by atoms with Crippen LogP contribution in [0.5, 0.6) is 0 Å². The molecule has 1 aromatic heterocycles. The Labute approximate surface area is 134 Å². The molecule has 0 saturated heterocycles. The first-order valence-corrected chi connectivity index (χ1v) is 8.62. The Morgan fingerprint density at radius 2 is 1.96 bits per heavy atom. The Hall–Kier alpha value is -2.22. The molecule has 0 radical (unpaired) electrons. The zero-order chi connectivity index (χ0) is 16.3. The summed E-state index contributed by atoms with van der Waals surface area (Å²) >= 11 is 0. The number of nitrogens with one attached hydrogen (secondary N) is 2. The number of hydrogen-bond acceptors (Lipinski definition) is 4. The van der Waals surface area contributed by atoms with E-state index in [1.807, 2.05) is 30.3 Å². The molecule has 7 heteroatoms. The van der Waals surface area contributed by atoms with Crippen LogP contribution in [-0.2, 0) is 14.8 Å². The fourth-order valence-corrected chi connectivity index (χ4v) is 3.29. The summed E-state index contributed by atoms with van der Waals surface area (Å²) in [6.45, 7) is 0.554. The molecule has 23 heavy (non-hydrogen) atoms. The number of H-pyrrole nitrogens is 1. The van der Waals surface area contributed by atoms with Gasteiger partial charge in [0, 0.05) is 19.2 Å². The van der Waals surface area contributed by atoms with E-state index in [2.05, 4.69) is 14.7 Å². The number of rotatable bonds is 6. The molecular weight excluding hydrogens is 314 g/mol. The highest BCUT2D eigenvalue weighted by Crippen LogP contribution is 2.22. The second-order valence-corrected chi connectivity index (χ2v) is 6.79. The summed E-state index contributed by atoms with van der Waals surface area (Å²) in [6.07, 6.45) is 0. The van der Waals surface area contributed by atoms with E-state index in [0.29, 0.717) is 17.9 Å². The summed E-state index contributed by atoms with van der Waals surface area (Å²) in [7, 11) is -2.03. The van der Waals surface area contributed by atoms with Crippen molar-refractivity contribution in [2.75, 3.05) is 20.3 Å². The SMILES string of the molecule is COCCNS(=O)(=O)c1ccc2nc(-c3ccccc3)[nH]c2c1. The first kappa shape index (κ1) is 15.7. The van der Waals surface area contributed by atoms with Crippen LogP contribution >= 0.6 is 0 Å². The highest BCUT2D eigenvalue weighted by molar-refractivity contribution is 7.89. The van der Waals surface area contributed by atoms with Crippen LogP contribution in [0.2, 0.25) is 0 Å². The van der Waals surface area contributed by atoms with Gasteiger partial charge in [0.2, 0.25) is 10.0 Å². The smallest absolute Gasteiger partial charge is 0.240 e. The van der Waals surface area contributed by atoms with E-state index in [-0.39, 0.29) is 11.4 Å². The number of aromatic nitrogens is 2. The number of fused-ring (bicyclic) bond motifs is 1. The topological polar surface area (TPSA) is 84.1 Å². The zero-order valence-corrected chi connectivity index (χ0v) is 13.4. The average molecular weight is 331 g/mol. The average Bonchev–Trinajstić information content (AvgIpc) is 2.99. The molecule has 0 spiro atoms. The lowest BCUT2D eigenvalue weighted by Gasteiger charge is -2.05. The Bertz CT molecular complexity index is 905. The van der Waals surface area contributed by atoms with Crippen LogP contribution in [-0.4, -0.2) is 38.6 Å². The largest absolute Gasteiger partial charge is 0.383 e. The summed E-state index contributed by atoms with van der Waals surface area (Å²) in [5, 5.41) is 0. The van der Waals surface area contributed by atoms with Gasteiger partial charge in [-0.3, -0.25) is 0 Å². The molecule has 0 bridgehead atoms. The van der Waals surface area contributed by atoms with Gasteiger partial charge < -0.3 is 9.72 Å². The van der Waals surface area contributed by atoms with Gasteiger partial charge in [-0.25, -0.2) is 18.1 Å². The van der Waals surface area contributed by atoms with Crippen LogP contribution in [0.1, 0.15) is 0 Å². The van der Waals surface area contributed by atoms with E-state index < -0.39 is 10.0 Å². The van der Waals surface area contributed by atoms with Crippen molar-refractivity contribution in [3.05, 3.63) is 48.5 Å². The molecule has 2 aromatic carbocycles. The van der Waals surface area contributed by atoms with Gasteiger partial charge in [-0.2, -0.15) is 0 Å². The summed E-state index contributed by atoms with van der Waals surface area (Å²) in [5.74, 6) is 0.711. The number of aromatic amines is 1. The fraction of sp³-hybridized carbons (Fsp3) is 0.188. The minimum absolute atomic E-state index is 0.198. The molecule has 0 saturated carbocycles. The van der Waals surface area contributed by atoms with Crippen LogP contribution in [0.25, 0.3) is 22.4 Å². The van der Waals surface area contributed by atoms with E-state index in [1.54, 1.807) is 18.2 Å². The number of hydrogen-bond donors (Lipinski definition) is 2. The lowest BCUT2D eigenvalue weighted by Crippen LogP contribution is -2.27. The Kier molecular flexibility index (Phi) is 4.42. The molecule has 120 valence electrons. The molecule has 0 fully saturated rings. The molecule has 0 aliphatic carbocycles. The molecule has 3 rings (SSSR count). The number of imidazole rings is 1. The van der Waals surface area contributed by atoms with E-state index >= 15 is 0 Å². The van der Waals surface area contributed by atoms with Crippen molar-refractivity contribution in [3.63, 3.8) is 0 Å². The maximum absolute atomic E-state index is 12.2. The third-order valence-corrected chi connectivity index (χ3v) is 4.87. The van der Waals surface area contributed by atoms with Crippen molar-refractivity contribution >= 4 is 21.1 Å². The van der Waals surface area contributed by atoms with Gasteiger partial charge in [0.25, 0.3) is 0 Å². The van der Waals surface area contributed by atoms with E-state index in [1.165, 1.54) is 7.11 Å². The van der Waals surface area contributed by atoms with E-state index in [0.717, 1.165) is 11.1 Å². The van der Waals surface area contributed by atoms with Crippen LogP contribution in [0.3, 0.4) is 0 Å². The van der Waals surface area contributed by atoms with Gasteiger partial charge in [-0.05, 0) is 18.2 Å². The molecule has 3 aromatic rings. The van der Waals surface area contributed by atoms with Gasteiger partial charge in [0.05, 0.1) is 22.5 Å². The monoisotopic (exact) mass is 331 g/mol. The van der Waals surface area contributed by atoms with Crippen LogP contribution in [0.4, 0.5) is 0 Å². The molecule has 1 heterocycles. The maximum atomic E-state index is 12.2. The van der Waals surface area contributed by atoms with Crippen LogP contribution in [0.15, 0.2) is 53.4 Å². The molecular formula is C16H17N3O3S. The third kappa shape index (κ3) is 3.42. The summed E-state index contributed by atoms with van der Waals surface area (Å²) in [6, 6.07) is 14.5. The first-order valence-electron chi connectivity index (χ1n) is 7.14. The van der Waals surface area contributed by atoms with Crippen molar-refractivity contribution in [1.82, 2.24) is 14.7 Å². The number of benzene rings is 2. The fourth-order valence-electron chi connectivity index (χ4n) is 2.25. The minimum atomic E-state index is -3.56. The molecule has 6 nitrogen and oxygen atoms in total. The Morgan fingerprint density at radius 1 is 1.17 bits per heavy atom. The lowest BCUT2D eigenvalue weighted by atomic mass is 10.2. The van der Waals surface area contributed by atoms with Gasteiger partial charge in [-0.15, -0.1) is 0 Å². The van der Waals surface area contributed by atoms with Gasteiger partial charge in [0.15, 0.2) is 0 Å². The summed E-state index contributed by atoms with van der Waals surface area (Å²) < 4.78 is 31.8. The predicted molar refractivity (Wildman–Crippen MR) is 88.6 cm³/mol. The maximum Gasteiger partial charge on any atom is 0.240 e. The van der Waals surface area contributed by atoms with Crippen LogP contribution in [0, 0.1) is 0 Å². The third-order valence-electron chi connectivity index (χ3n) is 3.41. The van der Waals surface area contributed by atoms with Crippen molar-refractivity contribution in [2.45, 2.75) is 4.90 Å². The second kappa shape index (κ2) is 6.49. The van der Waals surface area contributed by atoms with Crippen molar-refractivity contribution in [3.8, 4) is 11.4 Å². The number of nitrogens with zero attached hydrogens (tertiary/aromatic N) is 1. The van der Waals surface area contributed by atoms with E-state index in [9.17, 15) is 8.42 Å². The zero-order valence-electron chi connectivity index (χ0n) is 12.6. The normalized spacial score (nSPS) is 11.9. The molecule has 0 atom stereocenters. The minimum Gasteiger partial charge on any atom is -0.383 e. The highest BCUT2D eigenvalue weighted by atomic mass is 32.2. The summed E-state index contributed by atoms with van der Waals surface area (Å²) in [5.41, 5.74) is 2.35. The Morgan fingerprint density at radius 3 is 2.70 bits per heavy atom. The van der Waals surface area contributed by atoms with Gasteiger partial charge in [-0.1, -0.05) is 30.3 Å². The number of ether oxygens (including phenoxy) is 1.